The van der Waals surface area contributed by atoms with Gasteiger partial charge in [0.15, 0.2) is 0 Å². The zero-order valence-corrected chi connectivity index (χ0v) is 15.5. The van der Waals surface area contributed by atoms with Gasteiger partial charge in [0.25, 0.3) is 5.56 Å². The maximum Gasteiger partial charge on any atom is 0.270 e. The molecule has 0 saturated heterocycles. The summed E-state index contributed by atoms with van der Waals surface area (Å²) >= 11 is 0. The van der Waals surface area contributed by atoms with Crippen LogP contribution in [-0.4, -0.2) is 32.0 Å². The standard InChI is InChI=1S/C19H26N6O2/c26-16-10-14(15-9-13-11-20-7-4-8-24(13)22-15)17-18(21-16)25(23-19(17)27)12-5-2-1-3-6-12/h9,12,14,20H,1-8,10-11H2,(H,21,26)(H,23,27). The molecule has 1 unspecified atom stereocenters. The largest absolute Gasteiger partial charge is 0.311 e. The number of fused-ring (bicyclic) bond motifs is 2. The van der Waals surface area contributed by atoms with E-state index < -0.39 is 0 Å². The molecule has 1 saturated carbocycles. The summed E-state index contributed by atoms with van der Waals surface area (Å²) in [5.74, 6) is 0.341. The minimum atomic E-state index is -0.276. The van der Waals surface area contributed by atoms with Gasteiger partial charge in [0, 0.05) is 25.4 Å². The molecule has 0 spiro atoms. The highest BCUT2D eigenvalue weighted by molar-refractivity contribution is 5.94. The highest BCUT2D eigenvalue weighted by Crippen LogP contribution is 2.38. The van der Waals surface area contributed by atoms with E-state index in [0.29, 0.717) is 11.4 Å². The van der Waals surface area contributed by atoms with Gasteiger partial charge >= 0.3 is 0 Å². The van der Waals surface area contributed by atoms with E-state index in [2.05, 4.69) is 21.8 Å². The molecule has 5 rings (SSSR count). The molecule has 1 fully saturated rings. The third kappa shape index (κ3) is 2.92. The van der Waals surface area contributed by atoms with Crippen LogP contribution in [0.15, 0.2) is 10.9 Å². The van der Waals surface area contributed by atoms with E-state index in [1.54, 1.807) is 0 Å². The molecular formula is C19H26N6O2. The zero-order chi connectivity index (χ0) is 18.4. The van der Waals surface area contributed by atoms with Crippen molar-refractivity contribution in [2.24, 2.45) is 0 Å². The molecule has 3 N–H and O–H groups in total. The topological polar surface area (TPSA) is 96.7 Å². The lowest BCUT2D eigenvalue weighted by atomic mass is 9.90. The molecule has 1 atom stereocenters. The minimum absolute atomic E-state index is 0.0441. The average Bonchev–Trinajstić information content (AvgIpc) is 3.15. The lowest BCUT2D eigenvalue weighted by molar-refractivity contribution is -0.116. The quantitative estimate of drug-likeness (QED) is 0.751. The van der Waals surface area contributed by atoms with Gasteiger partial charge in [0.05, 0.1) is 23.0 Å². The summed E-state index contributed by atoms with van der Waals surface area (Å²) in [4.78, 5) is 25.3. The molecule has 1 aliphatic carbocycles. The van der Waals surface area contributed by atoms with E-state index in [4.69, 9.17) is 5.10 Å². The van der Waals surface area contributed by atoms with Crippen molar-refractivity contribution >= 4 is 11.7 Å². The first-order valence-electron chi connectivity index (χ1n) is 10.1. The van der Waals surface area contributed by atoms with Gasteiger partial charge in [-0.1, -0.05) is 19.3 Å². The van der Waals surface area contributed by atoms with Gasteiger partial charge in [-0.2, -0.15) is 5.10 Å². The molecule has 4 heterocycles. The number of amides is 1. The van der Waals surface area contributed by atoms with Crippen LogP contribution in [0.3, 0.4) is 0 Å². The molecule has 8 heteroatoms. The summed E-state index contributed by atoms with van der Waals surface area (Å²) in [6.07, 6.45) is 6.96. The Labute approximate surface area is 157 Å². The molecule has 27 heavy (non-hydrogen) atoms. The van der Waals surface area contributed by atoms with E-state index in [1.165, 1.54) is 6.42 Å². The number of nitrogens with zero attached hydrogens (tertiary/aromatic N) is 3. The fraction of sp³-hybridized carbons (Fsp3) is 0.632. The molecule has 0 aromatic carbocycles. The zero-order valence-electron chi connectivity index (χ0n) is 15.5. The fourth-order valence-electron chi connectivity index (χ4n) is 4.80. The molecule has 1 amide bonds. The van der Waals surface area contributed by atoms with Gasteiger partial charge in [0.1, 0.15) is 5.82 Å². The third-order valence-electron chi connectivity index (χ3n) is 6.17. The SMILES string of the molecule is O=C1CC(c2cc3n(n2)CCCNC3)c2c(n(C3CCCCC3)[nH]c2=O)N1. The summed E-state index contributed by atoms with van der Waals surface area (Å²) in [5, 5.41) is 14.1. The lowest BCUT2D eigenvalue weighted by Crippen LogP contribution is -2.28. The maximum absolute atomic E-state index is 12.8. The molecule has 2 aromatic rings. The first-order chi connectivity index (χ1) is 13.2. The van der Waals surface area contributed by atoms with Crippen molar-refractivity contribution in [1.82, 2.24) is 24.9 Å². The molecular weight excluding hydrogens is 344 g/mol. The number of aromatic nitrogens is 4. The number of hydrogen-bond acceptors (Lipinski definition) is 4. The first kappa shape index (κ1) is 16.8. The van der Waals surface area contributed by atoms with Crippen molar-refractivity contribution in [3.63, 3.8) is 0 Å². The highest BCUT2D eigenvalue weighted by atomic mass is 16.2. The molecule has 3 aliphatic rings. The molecule has 2 aromatic heterocycles. The maximum atomic E-state index is 12.8. The fourth-order valence-corrected chi connectivity index (χ4v) is 4.80. The van der Waals surface area contributed by atoms with Crippen LogP contribution in [0.5, 0.6) is 0 Å². The smallest absolute Gasteiger partial charge is 0.270 e. The summed E-state index contributed by atoms with van der Waals surface area (Å²) in [7, 11) is 0. The Morgan fingerprint density at radius 2 is 1.96 bits per heavy atom. The number of H-pyrrole nitrogens is 1. The van der Waals surface area contributed by atoms with Crippen LogP contribution in [-0.2, 0) is 17.9 Å². The Balaban J connectivity index is 1.56. The van der Waals surface area contributed by atoms with E-state index >= 15 is 0 Å². The Hall–Kier alpha value is -2.35. The molecule has 8 nitrogen and oxygen atoms in total. The van der Waals surface area contributed by atoms with Gasteiger partial charge < -0.3 is 10.6 Å². The van der Waals surface area contributed by atoms with Crippen LogP contribution in [0.4, 0.5) is 5.82 Å². The van der Waals surface area contributed by atoms with E-state index in [0.717, 1.165) is 63.1 Å². The van der Waals surface area contributed by atoms with Crippen molar-refractivity contribution in [3.05, 3.63) is 33.4 Å². The van der Waals surface area contributed by atoms with Crippen LogP contribution >= 0.6 is 0 Å². The van der Waals surface area contributed by atoms with Crippen molar-refractivity contribution in [2.75, 3.05) is 11.9 Å². The summed E-state index contributed by atoms with van der Waals surface area (Å²) in [6.45, 7) is 2.63. The van der Waals surface area contributed by atoms with E-state index in [9.17, 15) is 9.59 Å². The van der Waals surface area contributed by atoms with Crippen molar-refractivity contribution in [3.8, 4) is 0 Å². The van der Waals surface area contributed by atoms with E-state index in [-0.39, 0.29) is 29.8 Å². The second-order valence-electron chi connectivity index (χ2n) is 7.98. The van der Waals surface area contributed by atoms with Gasteiger partial charge in [0.2, 0.25) is 5.91 Å². The van der Waals surface area contributed by atoms with Crippen molar-refractivity contribution in [2.45, 2.75) is 70.0 Å². The van der Waals surface area contributed by atoms with Crippen LogP contribution in [0.1, 0.15) is 73.9 Å². The Morgan fingerprint density at radius 3 is 2.81 bits per heavy atom. The monoisotopic (exact) mass is 370 g/mol. The van der Waals surface area contributed by atoms with Gasteiger partial charge in [-0.15, -0.1) is 0 Å². The normalized spacial score (nSPS) is 23.4. The summed E-state index contributed by atoms with van der Waals surface area (Å²) < 4.78 is 3.94. The number of aromatic amines is 1. The third-order valence-corrected chi connectivity index (χ3v) is 6.17. The molecule has 2 aliphatic heterocycles. The number of nitrogens with one attached hydrogen (secondary N) is 3. The van der Waals surface area contributed by atoms with Crippen LogP contribution in [0.25, 0.3) is 0 Å². The number of anilines is 1. The molecule has 0 radical (unpaired) electrons. The predicted octanol–water partition coefficient (Wildman–Crippen LogP) is 1.85. The Kier molecular flexibility index (Phi) is 4.15. The van der Waals surface area contributed by atoms with E-state index in [1.807, 2.05) is 9.36 Å². The van der Waals surface area contributed by atoms with Crippen molar-refractivity contribution in [1.29, 1.82) is 0 Å². The van der Waals surface area contributed by atoms with Gasteiger partial charge in [-0.25, -0.2) is 0 Å². The van der Waals surface area contributed by atoms with Gasteiger partial charge in [-0.3, -0.25) is 24.1 Å². The number of hydrogen-bond donors (Lipinski definition) is 3. The Bertz CT molecular complexity index is 894. The number of carbonyl (C=O) groups excluding carboxylic acids is 1. The minimum Gasteiger partial charge on any atom is -0.311 e. The van der Waals surface area contributed by atoms with Crippen LogP contribution in [0, 0.1) is 0 Å². The number of rotatable bonds is 2. The number of carbonyl (C=O) groups is 1. The summed E-state index contributed by atoms with van der Waals surface area (Å²) in [5.41, 5.74) is 2.53. The van der Waals surface area contributed by atoms with Crippen molar-refractivity contribution < 1.29 is 4.79 Å². The molecule has 0 bridgehead atoms. The summed E-state index contributed by atoms with van der Waals surface area (Å²) in [6, 6.07) is 2.32. The van der Waals surface area contributed by atoms with Crippen LogP contribution < -0.4 is 16.2 Å². The second-order valence-corrected chi connectivity index (χ2v) is 7.98. The Morgan fingerprint density at radius 1 is 1.11 bits per heavy atom. The lowest BCUT2D eigenvalue weighted by Gasteiger charge is -2.27. The van der Waals surface area contributed by atoms with Crippen LogP contribution in [0.2, 0.25) is 0 Å². The average molecular weight is 370 g/mol. The predicted molar refractivity (Wildman–Crippen MR) is 101 cm³/mol. The molecule has 144 valence electrons. The first-order valence-corrected chi connectivity index (χ1v) is 10.1. The number of aryl methyl sites for hydroxylation is 1. The highest BCUT2D eigenvalue weighted by Gasteiger charge is 2.36. The second kappa shape index (κ2) is 6.67. The van der Waals surface area contributed by atoms with Gasteiger partial charge in [-0.05, 0) is 31.9 Å².